The topological polar surface area (TPSA) is 15.7 Å². The first-order valence-corrected chi connectivity index (χ1v) is 13.8. The number of nitrogens with zero attached hydrogens (tertiary/aromatic N) is 2. The van der Waals surface area contributed by atoms with Gasteiger partial charge in [-0.15, -0.1) is 5.06 Å². The molecule has 3 aromatic carbocycles. The normalized spacial score (nSPS) is 39.5. The van der Waals surface area contributed by atoms with Crippen molar-refractivity contribution in [2.75, 3.05) is 11.4 Å². The van der Waals surface area contributed by atoms with Crippen molar-refractivity contribution in [3.05, 3.63) is 102 Å². The van der Waals surface area contributed by atoms with Crippen LogP contribution >= 0.6 is 0 Å². The van der Waals surface area contributed by atoms with E-state index >= 15 is 0 Å². The average Bonchev–Trinajstić information content (AvgIpc) is 3.66. The quantitative estimate of drug-likeness (QED) is 0.396. The molecule has 2 saturated heterocycles. The molecular formula is C33H36N2O. The monoisotopic (exact) mass is 476 g/mol. The Bertz CT molecular complexity index is 1320. The highest BCUT2D eigenvalue weighted by Gasteiger charge is 2.89. The van der Waals surface area contributed by atoms with Gasteiger partial charge in [0.1, 0.15) is 6.17 Å². The van der Waals surface area contributed by atoms with Crippen molar-refractivity contribution in [1.29, 1.82) is 0 Å². The van der Waals surface area contributed by atoms with E-state index in [0.29, 0.717) is 16.7 Å². The van der Waals surface area contributed by atoms with Crippen LogP contribution < -0.4 is 4.90 Å². The zero-order chi connectivity index (χ0) is 24.3. The molecule has 5 fully saturated rings. The van der Waals surface area contributed by atoms with E-state index in [1.54, 1.807) is 0 Å². The number of hydrogen-bond acceptors (Lipinski definition) is 3. The number of fused-ring (bicyclic) bond motifs is 2. The Labute approximate surface area is 215 Å². The van der Waals surface area contributed by atoms with Crippen LogP contribution in [0.1, 0.15) is 62.4 Å². The van der Waals surface area contributed by atoms with E-state index in [1.807, 2.05) is 0 Å². The molecule has 3 heteroatoms. The zero-order valence-corrected chi connectivity index (χ0v) is 21.7. The molecule has 3 aliphatic carbocycles. The van der Waals surface area contributed by atoms with Crippen molar-refractivity contribution in [2.24, 2.45) is 22.7 Å². The number of rotatable bonds is 3. The van der Waals surface area contributed by atoms with Crippen molar-refractivity contribution in [2.45, 2.75) is 63.8 Å². The van der Waals surface area contributed by atoms with Crippen LogP contribution in [0.4, 0.5) is 5.69 Å². The minimum atomic E-state index is -0.164. The highest BCUT2D eigenvalue weighted by atomic mass is 16.7. The molecule has 3 nitrogen and oxygen atoms in total. The van der Waals surface area contributed by atoms with Gasteiger partial charge in [-0.2, -0.15) is 0 Å². The van der Waals surface area contributed by atoms with Crippen LogP contribution in [0.2, 0.25) is 0 Å². The van der Waals surface area contributed by atoms with E-state index in [-0.39, 0.29) is 17.3 Å². The molecule has 0 unspecified atom stereocenters. The average molecular weight is 477 g/mol. The summed E-state index contributed by atoms with van der Waals surface area (Å²) in [6.45, 7) is 8.14. The molecule has 2 spiro atoms. The second-order valence-electron chi connectivity index (χ2n) is 12.9. The fourth-order valence-electron chi connectivity index (χ4n) is 9.31. The minimum Gasteiger partial charge on any atom is -0.348 e. The van der Waals surface area contributed by atoms with Crippen molar-refractivity contribution < 1.29 is 4.84 Å². The van der Waals surface area contributed by atoms with Crippen LogP contribution in [0.5, 0.6) is 0 Å². The van der Waals surface area contributed by atoms with Gasteiger partial charge in [-0.3, -0.25) is 4.84 Å². The molecule has 0 aromatic heterocycles. The van der Waals surface area contributed by atoms with Crippen LogP contribution in [0.15, 0.2) is 84.9 Å². The maximum atomic E-state index is 7.44. The molecule has 0 radical (unpaired) electrons. The van der Waals surface area contributed by atoms with E-state index in [0.717, 1.165) is 18.9 Å². The van der Waals surface area contributed by atoms with Gasteiger partial charge in [0.25, 0.3) is 0 Å². The summed E-state index contributed by atoms with van der Waals surface area (Å²) in [5, 5.41) is 2.46. The molecule has 0 amide bonds. The molecule has 6 atom stereocenters. The maximum absolute atomic E-state index is 7.44. The largest absolute Gasteiger partial charge is 0.348 e. The van der Waals surface area contributed by atoms with E-state index in [4.69, 9.17) is 4.84 Å². The van der Waals surface area contributed by atoms with E-state index in [1.165, 1.54) is 41.6 Å². The van der Waals surface area contributed by atoms with E-state index in [9.17, 15) is 0 Å². The molecule has 3 saturated carbocycles. The Morgan fingerprint density at radius 1 is 0.833 bits per heavy atom. The lowest BCUT2D eigenvalue weighted by Crippen LogP contribution is -2.40. The van der Waals surface area contributed by atoms with Crippen LogP contribution in [0.3, 0.4) is 0 Å². The third-order valence-electron chi connectivity index (χ3n) is 11.1. The van der Waals surface area contributed by atoms with Gasteiger partial charge in [-0.05, 0) is 72.1 Å². The first kappa shape index (κ1) is 21.5. The Hall–Kier alpha value is -2.62. The predicted molar refractivity (Wildman–Crippen MR) is 143 cm³/mol. The summed E-state index contributed by atoms with van der Waals surface area (Å²) < 4.78 is 0. The van der Waals surface area contributed by atoms with Crippen molar-refractivity contribution in [1.82, 2.24) is 5.06 Å². The van der Waals surface area contributed by atoms with E-state index < -0.39 is 0 Å². The summed E-state index contributed by atoms with van der Waals surface area (Å²) in [5.74, 6) is 1.61. The molecule has 8 rings (SSSR count). The summed E-state index contributed by atoms with van der Waals surface area (Å²) in [7, 11) is 0. The SMILES string of the molecule is Cc1ccc(N2C[C@]3(c4ccccc4)C[C@@]4(CC[C@H]5C(C)(C)[C@@]56C[C@@H]46)ON3[C@H]2c2ccccc2)cc1. The first-order valence-electron chi connectivity index (χ1n) is 13.8. The third-order valence-corrected chi connectivity index (χ3v) is 11.1. The van der Waals surface area contributed by atoms with Crippen molar-refractivity contribution >= 4 is 5.69 Å². The molecule has 36 heavy (non-hydrogen) atoms. The molecule has 2 heterocycles. The van der Waals surface area contributed by atoms with Crippen LogP contribution in [-0.2, 0) is 10.4 Å². The number of hydroxylamine groups is 2. The van der Waals surface area contributed by atoms with Crippen LogP contribution in [0, 0.1) is 29.6 Å². The highest BCUT2D eigenvalue weighted by molar-refractivity contribution is 5.54. The van der Waals surface area contributed by atoms with Gasteiger partial charge in [0, 0.05) is 18.7 Å². The molecular weight excluding hydrogens is 440 g/mol. The van der Waals surface area contributed by atoms with Gasteiger partial charge in [0.05, 0.1) is 11.1 Å². The third kappa shape index (κ3) is 2.51. The minimum absolute atomic E-state index is 0.0352. The fourth-order valence-corrected chi connectivity index (χ4v) is 9.31. The van der Waals surface area contributed by atoms with Gasteiger partial charge in [-0.25, -0.2) is 0 Å². The second kappa shape index (κ2) is 6.82. The summed E-state index contributed by atoms with van der Waals surface area (Å²) in [5.41, 5.74) is 6.10. The van der Waals surface area contributed by atoms with Crippen LogP contribution in [-0.4, -0.2) is 17.2 Å². The molecule has 184 valence electrons. The number of aryl methyl sites for hydroxylation is 1. The lowest BCUT2D eigenvalue weighted by Gasteiger charge is -2.37. The Morgan fingerprint density at radius 3 is 2.25 bits per heavy atom. The van der Waals surface area contributed by atoms with Crippen LogP contribution in [0.25, 0.3) is 0 Å². The standard InChI is InChI=1S/C33H36N2O/c1-23-14-16-26(17-15-23)34-22-31(25-12-8-5-9-13-25)21-32(19-18-27-30(2,3)33(27)20-28(32)33)36-35(31)29(34)24-10-6-4-7-11-24/h4-17,27-29H,18-22H2,1-3H3/t27-,28-,29-,31-,32+,33-/m0/s1. The predicted octanol–water partition coefficient (Wildman–Crippen LogP) is 7.24. The number of benzene rings is 3. The second-order valence-corrected chi connectivity index (χ2v) is 12.9. The Kier molecular flexibility index (Phi) is 4.07. The molecule has 2 aliphatic heterocycles. The lowest BCUT2D eigenvalue weighted by atomic mass is 9.74. The molecule has 5 aliphatic rings. The Balaban J connectivity index is 1.28. The van der Waals surface area contributed by atoms with Gasteiger partial charge in [0.2, 0.25) is 0 Å². The van der Waals surface area contributed by atoms with Gasteiger partial charge >= 0.3 is 0 Å². The maximum Gasteiger partial charge on any atom is 0.132 e. The molecule has 3 aromatic rings. The summed E-state index contributed by atoms with van der Waals surface area (Å²) >= 11 is 0. The smallest absolute Gasteiger partial charge is 0.132 e. The van der Waals surface area contributed by atoms with Gasteiger partial charge in [0.15, 0.2) is 0 Å². The number of hydrogen-bond donors (Lipinski definition) is 0. The van der Waals surface area contributed by atoms with E-state index in [2.05, 4.69) is 116 Å². The lowest BCUT2D eigenvalue weighted by molar-refractivity contribution is -0.244. The zero-order valence-electron chi connectivity index (χ0n) is 21.7. The van der Waals surface area contributed by atoms with Crippen molar-refractivity contribution in [3.63, 3.8) is 0 Å². The van der Waals surface area contributed by atoms with Gasteiger partial charge in [-0.1, -0.05) is 92.2 Å². The molecule has 0 N–H and O–H groups in total. The first-order chi connectivity index (χ1) is 17.4. The van der Waals surface area contributed by atoms with Crippen molar-refractivity contribution in [3.8, 4) is 0 Å². The summed E-state index contributed by atoms with van der Waals surface area (Å²) in [6.07, 6.45) is 5.02. The fraction of sp³-hybridized carbons (Fsp3) is 0.455. The van der Waals surface area contributed by atoms with Gasteiger partial charge < -0.3 is 4.90 Å². The summed E-state index contributed by atoms with van der Waals surface area (Å²) in [6, 6.07) is 31.3. The molecule has 0 bridgehead atoms. The Morgan fingerprint density at radius 2 is 1.53 bits per heavy atom. The highest BCUT2D eigenvalue weighted by Crippen LogP contribution is 2.91. The summed E-state index contributed by atoms with van der Waals surface area (Å²) in [4.78, 5) is 10.0. The number of anilines is 1.